The summed E-state index contributed by atoms with van der Waals surface area (Å²) in [7, 11) is 1.64. The minimum atomic E-state index is -0.227. The fourth-order valence-corrected chi connectivity index (χ4v) is 3.31. The number of nitrogens with zero attached hydrogens (tertiary/aromatic N) is 2. The lowest BCUT2D eigenvalue weighted by Crippen LogP contribution is -2.33. The lowest BCUT2D eigenvalue weighted by atomic mass is 10.0. The van der Waals surface area contributed by atoms with E-state index >= 15 is 0 Å². The second-order valence-corrected chi connectivity index (χ2v) is 7.88. The van der Waals surface area contributed by atoms with Gasteiger partial charge in [-0.2, -0.15) is 4.98 Å². The SMILES string of the molecule is COc1ccc(C(NC(=O)Nc2ccc(-c3nc(C(C)C)no3)cc2)C2CC2)cc1. The Balaban J connectivity index is 1.39. The summed E-state index contributed by atoms with van der Waals surface area (Å²) in [6, 6.07) is 15.0. The normalized spacial score (nSPS) is 14.4. The first-order valence-corrected chi connectivity index (χ1v) is 10.2. The summed E-state index contributed by atoms with van der Waals surface area (Å²) in [5, 5.41) is 10.0. The van der Waals surface area contributed by atoms with Crippen molar-refractivity contribution in [1.29, 1.82) is 0 Å². The fraction of sp³-hybridized carbons (Fsp3) is 0.348. The van der Waals surface area contributed by atoms with Crippen molar-refractivity contribution >= 4 is 11.7 Å². The van der Waals surface area contributed by atoms with Crippen LogP contribution in [0.25, 0.3) is 11.5 Å². The first kappa shape index (κ1) is 19.9. The van der Waals surface area contributed by atoms with E-state index in [0.717, 1.165) is 29.7 Å². The van der Waals surface area contributed by atoms with Crippen LogP contribution in [0.2, 0.25) is 0 Å². The van der Waals surface area contributed by atoms with Crippen molar-refractivity contribution < 1.29 is 14.1 Å². The van der Waals surface area contributed by atoms with Crippen LogP contribution in [-0.2, 0) is 0 Å². The number of carbonyl (C=O) groups is 1. The highest BCUT2D eigenvalue weighted by Gasteiger charge is 2.33. The Labute approximate surface area is 175 Å². The molecule has 2 N–H and O–H groups in total. The first-order valence-electron chi connectivity index (χ1n) is 10.2. The van der Waals surface area contributed by atoms with Crippen LogP contribution in [0.3, 0.4) is 0 Å². The molecule has 30 heavy (non-hydrogen) atoms. The van der Waals surface area contributed by atoms with Gasteiger partial charge in [-0.3, -0.25) is 0 Å². The molecule has 7 nitrogen and oxygen atoms in total. The van der Waals surface area contributed by atoms with E-state index in [9.17, 15) is 4.79 Å². The third-order valence-corrected chi connectivity index (χ3v) is 5.20. The van der Waals surface area contributed by atoms with E-state index in [4.69, 9.17) is 9.26 Å². The number of anilines is 1. The van der Waals surface area contributed by atoms with Crippen molar-refractivity contribution in [2.45, 2.75) is 38.6 Å². The zero-order valence-corrected chi connectivity index (χ0v) is 17.4. The van der Waals surface area contributed by atoms with Crippen LogP contribution in [0, 0.1) is 5.92 Å². The Morgan fingerprint density at radius 1 is 1.10 bits per heavy atom. The van der Waals surface area contributed by atoms with Crippen LogP contribution in [-0.4, -0.2) is 23.3 Å². The van der Waals surface area contributed by atoms with Gasteiger partial charge in [-0.05, 0) is 60.7 Å². The lowest BCUT2D eigenvalue weighted by Gasteiger charge is -2.19. The molecule has 2 aromatic carbocycles. The topological polar surface area (TPSA) is 89.3 Å². The summed E-state index contributed by atoms with van der Waals surface area (Å²) in [4.78, 5) is 17.0. The van der Waals surface area contributed by atoms with Gasteiger partial charge in [0, 0.05) is 17.2 Å². The van der Waals surface area contributed by atoms with E-state index in [0.29, 0.717) is 23.3 Å². The van der Waals surface area contributed by atoms with Crippen molar-refractivity contribution in [2.75, 3.05) is 12.4 Å². The number of aromatic nitrogens is 2. The van der Waals surface area contributed by atoms with E-state index in [1.807, 2.05) is 62.4 Å². The van der Waals surface area contributed by atoms with Crippen molar-refractivity contribution in [2.24, 2.45) is 5.92 Å². The molecule has 1 aliphatic carbocycles. The van der Waals surface area contributed by atoms with E-state index < -0.39 is 0 Å². The van der Waals surface area contributed by atoms with Gasteiger partial charge in [-0.1, -0.05) is 31.1 Å². The molecule has 1 heterocycles. The second kappa shape index (κ2) is 8.57. The van der Waals surface area contributed by atoms with Crippen molar-refractivity contribution in [3.63, 3.8) is 0 Å². The summed E-state index contributed by atoms with van der Waals surface area (Å²) in [5.41, 5.74) is 2.60. The fourth-order valence-electron chi connectivity index (χ4n) is 3.31. The molecule has 1 aliphatic rings. The van der Waals surface area contributed by atoms with Gasteiger partial charge in [0.25, 0.3) is 5.89 Å². The Hall–Kier alpha value is -3.35. The Kier molecular flexibility index (Phi) is 5.70. The molecule has 0 radical (unpaired) electrons. The van der Waals surface area contributed by atoms with Gasteiger partial charge in [0.1, 0.15) is 5.75 Å². The van der Waals surface area contributed by atoms with Crippen LogP contribution < -0.4 is 15.4 Å². The van der Waals surface area contributed by atoms with Gasteiger partial charge in [0.05, 0.1) is 13.2 Å². The lowest BCUT2D eigenvalue weighted by molar-refractivity contribution is 0.247. The number of rotatable bonds is 7. The molecule has 0 spiro atoms. The molecule has 0 aliphatic heterocycles. The van der Waals surface area contributed by atoms with E-state index in [-0.39, 0.29) is 18.0 Å². The maximum Gasteiger partial charge on any atom is 0.319 e. The molecule has 1 aromatic heterocycles. The molecule has 0 saturated heterocycles. The maximum atomic E-state index is 12.6. The molecule has 0 bridgehead atoms. The minimum Gasteiger partial charge on any atom is -0.497 e. The van der Waals surface area contributed by atoms with E-state index in [1.165, 1.54) is 0 Å². The summed E-state index contributed by atoms with van der Waals surface area (Å²) >= 11 is 0. The molecule has 156 valence electrons. The van der Waals surface area contributed by atoms with Crippen LogP contribution >= 0.6 is 0 Å². The zero-order valence-electron chi connectivity index (χ0n) is 17.4. The molecular formula is C23H26N4O3. The van der Waals surface area contributed by atoms with Crippen molar-refractivity contribution in [1.82, 2.24) is 15.5 Å². The third-order valence-electron chi connectivity index (χ3n) is 5.20. The molecule has 4 rings (SSSR count). The summed E-state index contributed by atoms with van der Waals surface area (Å²) in [5.74, 6) is 2.63. The highest BCUT2D eigenvalue weighted by Crippen LogP contribution is 2.41. The van der Waals surface area contributed by atoms with Gasteiger partial charge < -0.3 is 19.9 Å². The number of methoxy groups -OCH3 is 1. The van der Waals surface area contributed by atoms with Gasteiger partial charge in [0.2, 0.25) is 0 Å². The molecule has 1 atom stereocenters. The summed E-state index contributed by atoms with van der Waals surface area (Å²) in [6.07, 6.45) is 2.24. The second-order valence-electron chi connectivity index (χ2n) is 7.88. The van der Waals surface area contributed by atoms with E-state index in [1.54, 1.807) is 7.11 Å². The first-order chi connectivity index (χ1) is 14.5. The Morgan fingerprint density at radius 2 is 1.80 bits per heavy atom. The van der Waals surface area contributed by atoms with Gasteiger partial charge in [0.15, 0.2) is 5.82 Å². The monoisotopic (exact) mass is 406 g/mol. The smallest absolute Gasteiger partial charge is 0.319 e. The predicted octanol–water partition coefficient (Wildman–Crippen LogP) is 5.14. The number of nitrogens with one attached hydrogen (secondary N) is 2. The maximum absolute atomic E-state index is 12.6. The number of ether oxygens (including phenoxy) is 1. The molecule has 2 amide bonds. The number of amides is 2. The van der Waals surface area contributed by atoms with Crippen LogP contribution in [0.1, 0.15) is 50.0 Å². The Bertz CT molecular complexity index is 992. The molecule has 7 heteroatoms. The number of urea groups is 1. The highest BCUT2D eigenvalue weighted by atomic mass is 16.5. The highest BCUT2D eigenvalue weighted by molar-refractivity contribution is 5.89. The molecular weight excluding hydrogens is 380 g/mol. The summed E-state index contributed by atoms with van der Waals surface area (Å²) in [6.45, 7) is 4.03. The van der Waals surface area contributed by atoms with Gasteiger partial charge >= 0.3 is 6.03 Å². The van der Waals surface area contributed by atoms with Gasteiger partial charge in [-0.25, -0.2) is 4.79 Å². The number of hydrogen-bond acceptors (Lipinski definition) is 5. The zero-order chi connectivity index (χ0) is 21.1. The number of benzene rings is 2. The van der Waals surface area contributed by atoms with Crippen molar-refractivity contribution in [3.8, 4) is 17.2 Å². The number of hydrogen-bond donors (Lipinski definition) is 2. The average Bonchev–Trinajstić information content (AvgIpc) is 3.47. The third kappa shape index (κ3) is 4.62. The average molecular weight is 406 g/mol. The molecule has 1 saturated carbocycles. The largest absolute Gasteiger partial charge is 0.497 e. The summed E-state index contributed by atoms with van der Waals surface area (Å²) < 4.78 is 10.5. The van der Waals surface area contributed by atoms with Gasteiger partial charge in [-0.15, -0.1) is 0 Å². The molecule has 1 unspecified atom stereocenters. The molecule has 3 aromatic rings. The van der Waals surface area contributed by atoms with E-state index in [2.05, 4.69) is 20.8 Å². The minimum absolute atomic E-state index is 0.0111. The van der Waals surface area contributed by atoms with Crippen LogP contribution in [0.15, 0.2) is 53.1 Å². The molecule has 1 fully saturated rings. The van der Waals surface area contributed by atoms with Crippen molar-refractivity contribution in [3.05, 3.63) is 59.9 Å². The standard InChI is InChI=1S/C23H26N4O3/c1-14(2)21-26-22(30-27-21)17-6-10-18(11-7-17)24-23(28)25-20(15-4-5-15)16-8-12-19(29-3)13-9-16/h6-15,20H,4-5H2,1-3H3,(H2,24,25,28). The van der Waals surface area contributed by atoms with Crippen LogP contribution in [0.5, 0.6) is 5.75 Å². The van der Waals surface area contributed by atoms with Crippen LogP contribution in [0.4, 0.5) is 10.5 Å². The quantitative estimate of drug-likeness (QED) is 0.567. The predicted molar refractivity (Wildman–Crippen MR) is 114 cm³/mol. The number of carbonyl (C=O) groups excluding carboxylic acids is 1. The Morgan fingerprint density at radius 3 is 2.37 bits per heavy atom.